The van der Waals surface area contributed by atoms with Crippen molar-refractivity contribution in [2.75, 3.05) is 20.3 Å². The zero-order valence-electron chi connectivity index (χ0n) is 18.3. The Bertz CT molecular complexity index is 825. The molecule has 1 heterocycles. The van der Waals surface area contributed by atoms with Gasteiger partial charge in [0.2, 0.25) is 11.8 Å². The second-order valence-corrected chi connectivity index (χ2v) is 7.69. The van der Waals surface area contributed by atoms with Crippen LogP contribution in [-0.4, -0.2) is 61.3 Å². The molecule has 9 nitrogen and oxygen atoms in total. The highest BCUT2D eigenvalue weighted by Gasteiger charge is 2.32. The van der Waals surface area contributed by atoms with Gasteiger partial charge in [-0.25, -0.2) is 4.79 Å². The standard InChI is InChI=1S/C23H30N2O7/c1-15(13-26)24-20(27)18-11-7-6-10-17(12-16-8-4-3-5-9-16)22(29)32-14-19(23(30)31-2)25-21(18)28/h3-9,15,17-19,26H,10-14H2,1-2H3,(H,24,27)(H,25,28)/t15-,17?,18?,19?/m0/s1. The number of amides is 2. The van der Waals surface area contributed by atoms with E-state index in [2.05, 4.69) is 10.6 Å². The van der Waals surface area contributed by atoms with Gasteiger partial charge >= 0.3 is 11.9 Å². The summed E-state index contributed by atoms with van der Waals surface area (Å²) in [4.78, 5) is 50.1. The number of esters is 2. The molecule has 0 aromatic heterocycles. The van der Waals surface area contributed by atoms with Gasteiger partial charge in [-0.2, -0.15) is 0 Å². The van der Waals surface area contributed by atoms with Crippen molar-refractivity contribution in [3.63, 3.8) is 0 Å². The molecule has 9 heteroatoms. The number of allylic oxidation sites excluding steroid dienone is 2. The zero-order valence-corrected chi connectivity index (χ0v) is 18.3. The summed E-state index contributed by atoms with van der Waals surface area (Å²) in [6, 6.07) is 7.68. The van der Waals surface area contributed by atoms with E-state index in [9.17, 15) is 24.3 Å². The summed E-state index contributed by atoms with van der Waals surface area (Å²) >= 11 is 0. The normalized spacial score (nSPS) is 23.0. The van der Waals surface area contributed by atoms with Gasteiger partial charge in [-0.15, -0.1) is 0 Å². The van der Waals surface area contributed by atoms with E-state index in [-0.39, 0.29) is 13.0 Å². The molecule has 1 aromatic rings. The number of aliphatic hydroxyl groups is 1. The lowest BCUT2D eigenvalue weighted by Gasteiger charge is -2.23. The van der Waals surface area contributed by atoms with Gasteiger partial charge in [0.25, 0.3) is 0 Å². The Morgan fingerprint density at radius 3 is 2.56 bits per heavy atom. The second kappa shape index (κ2) is 12.6. The van der Waals surface area contributed by atoms with Gasteiger partial charge in [0, 0.05) is 6.04 Å². The van der Waals surface area contributed by atoms with E-state index < -0.39 is 54.3 Å². The third-order valence-corrected chi connectivity index (χ3v) is 5.11. The molecule has 2 rings (SSSR count). The molecule has 0 radical (unpaired) electrons. The third kappa shape index (κ3) is 7.49. The summed E-state index contributed by atoms with van der Waals surface area (Å²) in [7, 11) is 1.15. The fraction of sp³-hybridized carbons (Fsp3) is 0.478. The Kier molecular flexibility index (Phi) is 9.87. The fourth-order valence-electron chi connectivity index (χ4n) is 3.24. The van der Waals surface area contributed by atoms with E-state index in [0.29, 0.717) is 12.8 Å². The Balaban J connectivity index is 2.25. The highest BCUT2D eigenvalue weighted by Crippen LogP contribution is 2.17. The van der Waals surface area contributed by atoms with Crippen LogP contribution in [0.1, 0.15) is 25.3 Å². The molecule has 0 saturated heterocycles. The van der Waals surface area contributed by atoms with Crippen LogP contribution in [0.25, 0.3) is 0 Å². The first kappa shape index (κ1) is 25.1. The maximum Gasteiger partial charge on any atom is 0.331 e. The quantitative estimate of drug-likeness (QED) is 0.330. The summed E-state index contributed by atoms with van der Waals surface area (Å²) < 4.78 is 10.0. The van der Waals surface area contributed by atoms with Gasteiger partial charge in [0.15, 0.2) is 6.04 Å². The van der Waals surface area contributed by atoms with Crippen LogP contribution in [-0.2, 0) is 35.1 Å². The van der Waals surface area contributed by atoms with Crippen LogP contribution in [0.5, 0.6) is 0 Å². The number of aliphatic hydroxyl groups excluding tert-OH is 1. The second-order valence-electron chi connectivity index (χ2n) is 7.69. The highest BCUT2D eigenvalue weighted by molar-refractivity contribution is 6.01. The first-order valence-electron chi connectivity index (χ1n) is 10.5. The summed E-state index contributed by atoms with van der Waals surface area (Å²) in [5.41, 5.74) is 0.961. The van der Waals surface area contributed by atoms with Crippen molar-refractivity contribution in [1.29, 1.82) is 0 Å². The molecule has 0 spiro atoms. The Hall–Kier alpha value is -3.20. The summed E-state index contributed by atoms with van der Waals surface area (Å²) in [5.74, 6) is -4.19. The number of cyclic esters (lactones) is 1. The van der Waals surface area contributed by atoms with E-state index in [1.807, 2.05) is 30.3 Å². The number of hydrogen-bond donors (Lipinski definition) is 3. The molecule has 1 aliphatic heterocycles. The number of methoxy groups -OCH3 is 1. The molecule has 0 saturated carbocycles. The first-order valence-corrected chi connectivity index (χ1v) is 10.5. The first-order chi connectivity index (χ1) is 15.3. The van der Waals surface area contributed by atoms with Crippen LogP contribution in [0.4, 0.5) is 0 Å². The van der Waals surface area contributed by atoms with Crippen LogP contribution < -0.4 is 10.6 Å². The van der Waals surface area contributed by atoms with Gasteiger partial charge in [-0.3, -0.25) is 14.4 Å². The van der Waals surface area contributed by atoms with Crippen molar-refractivity contribution in [3.8, 4) is 0 Å². The van der Waals surface area contributed by atoms with Crippen molar-refractivity contribution in [2.45, 2.75) is 38.3 Å². The molecule has 0 aliphatic carbocycles. The minimum atomic E-state index is -1.25. The predicted octanol–water partition coefficient (Wildman–Crippen LogP) is 0.510. The Morgan fingerprint density at radius 2 is 1.91 bits per heavy atom. The molecule has 4 atom stereocenters. The summed E-state index contributed by atoms with van der Waals surface area (Å²) in [5, 5.41) is 14.2. The monoisotopic (exact) mass is 446 g/mol. The van der Waals surface area contributed by atoms with Crippen molar-refractivity contribution in [2.24, 2.45) is 11.8 Å². The molecule has 32 heavy (non-hydrogen) atoms. The van der Waals surface area contributed by atoms with Crippen molar-refractivity contribution >= 4 is 23.8 Å². The number of carbonyl (C=O) groups is 4. The predicted molar refractivity (Wildman–Crippen MR) is 115 cm³/mol. The number of rotatable bonds is 6. The Morgan fingerprint density at radius 1 is 1.22 bits per heavy atom. The maximum atomic E-state index is 12.7. The molecule has 3 unspecified atom stereocenters. The SMILES string of the molecule is COC(=O)C1COC(=O)C(Cc2ccccc2)CC=CCC(C(=O)N[C@@H](C)CO)C(=O)N1. The van der Waals surface area contributed by atoms with Crippen LogP contribution >= 0.6 is 0 Å². The zero-order chi connectivity index (χ0) is 23.5. The average Bonchev–Trinajstić information content (AvgIpc) is 2.79. The number of hydrogen-bond acceptors (Lipinski definition) is 7. The van der Waals surface area contributed by atoms with Gasteiger partial charge in [-0.1, -0.05) is 42.5 Å². The van der Waals surface area contributed by atoms with Crippen molar-refractivity contribution < 1.29 is 33.8 Å². The lowest BCUT2D eigenvalue weighted by Crippen LogP contribution is -2.51. The van der Waals surface area contributed by atoms with Gasteiger partial charge < -0.3 is 25.2 Å². The number of carbonyl (C=O) groups excluding carboxylic acids is 4. The largest absolute Gasteiger partial charge is 0.467 e. The van der Waals surface area contributed by atoms with E-state index in [0.717, 1.165) is 12.7 Å². The van der Waals surface area contributed by atoms with Gasteiger partial charge in [0.1, 0.15) is 12.5 Å². The van der Waals surface area contributed by atoms with Crippen molar-refractivity contribution in [3.05, 3.63) is 48.0 Å². The molecule has 3 N–H and O–H groups in total. The minimum absolute atomic E-state index is 0.0663. The molecule has 0 bridgehead atoms. The number of benzene rings is 1. The van der Waals surface area contributed by atoms with E-state index >= 15 is 0 Å². The Labute approximate surface area is 187 Å². The van der Waals surface area contributed by atoms with Gasteiger partial charge in [-0.05, 0) is 31.7 Å². The number of nitrogens with one attached hydrogen (secondary N) is 2. The van der Waals surface area contributed by atoms with Gasteiger partial charge in [0.05, 0.1) is 19.6 Å². The number of ether oxygens (including phenoxy) is 2. The van der Waals surface area contributed by atoms with Crippen LogP contribution in [0.3, 0.4) is 0 Å². The lowest BCUT2D eigenvalue weighted by atomic mass is 9.95. The summed E-state index contributed by atoms with van der Waals surface area (Å²) in [6.07, 6.45) is 4.26. The minimum Gasteiger partial charge on any atom is -0.467 e. The third-order valence-electron chi connectivity index (χ3n) is 5.11. The van der Waals surface area contributed by atoms with E-state index in [1.54, 1.807) is 19.1 Å². The van der Waals surface area contributed by atoms with Crippen LogP contribution in [0, 0.1) is 11.8 Å². The molecule has 2 amide bonds. The van der Waals surface area contributed by atoms with E-state index in [1.165, 1.54) is 0 Å². The molecule has 0 fully saturated rings. The lowest BCUT2D eigenvalue weighted by molar-refractivity contribution is -0.155. The van der Waals surface area contributed by atoms with Crippen molar-refractivity contribution in [1.82, 2.24) is 10.6 Å². The fourth-order valence-corrected chi connectivity index (χ4v) is 3.24. The van der Waals surface area contributed by atoms with Crippen LogP contribution in [0.2, 0.25) is 0 Å². The summed E-state index contributed by atoms with van der Waals surface area (Å²) in [6.45, 7) is 0.914. The maximum absolute atomic E-state index is 12.7. The smallest absolute Gasteiger partial charge is 0.331 e. The molecular weight excluding hydrogens is 416 g/mol. The molecule has 1 aliphatic rings. The highest BCUT2D eigenvalue weighted by atomic mass is 16.5. The van der Waals surface area contributed by atoms with Crippen LogP contribution in [0.15, 0.2) is 42.5 Å². The average molecular weight is 447 g/mol. The molecular formula is C23H30N2O7. The molecule has 1 aromatic carbocycles. The molecule has 174 valence electrons. The topological polar surface area (TPSA) is 131 Å². The van der Waals surface area contributed by atoms with E-state index in [4.69, 9.17) is 9.47 Å².